The van der Waals surface area contributed by atoms with Gasteiger partial charge in [0.15, 0.2) is 0 Å². The lowest BCUT2D eigenvalue weighted by Gasteiger charge is -2.32. The van der Waals surface area contributed by atoms with Crippen molar-refractivity contribution in [2.75, 3.05) is 19.8 Å². The van der Waals surface area contributed by atoms with Crippen molar-refractivity contribution in [3.63, 3.8) is 0 Å². The zero-order valence-corrected chi connectivity index (χ0v) is 11.5. The minimum absolute atomic E-state index is 0.588. The number of ether oxygens (including phenoxy) is 1. The lowest BCUT2D eigenvalue weighted by atomic mass is 9.94. The molecular weight excluding hydrogens is 252 g/mol. The molecule has 106 valence electrons. The molecule has 3 rings (SSSR count). The summed E-state index contributed by atoms with van der Waals surface area (Å²) >= 11 is 0. The van der Waals surface area contributed by atoms with Gasteiger partial charge in [0.2, 0.25) is 0 Å². The Bertz CT molecular complexity index is 579. The van der Waals surface area contributed by atoms with E-state index in [-0.39, 0.29) is 0 Å². The minimum atomic E-state index is -0.630. The number of aliphatic hydroxyl groups is 1. The summed E-state index contributed by atoms with van der Waals surface area (Å²) in [5.74, 6) is 0. The molecule has 4 nitrogen and oxygen atoms in total. The van der Waals surface area contributed by atoms with Gasteiger partial charge in [-0.3, -0.25) is 4.98 Å². The number of fused-ring (bicyclic) bond motifs is 1. The Labute approximate surface area is 118 Å². The molecule has 2 aromatic rings. The summed E-state index contributed by atoms with van der Waals surface area (Å²) in [5, 5.41) is 14.8. The molecule has 4 heteroatoms. The first-order chi connectivity index (χ1) is 9.75. The average Bonchev–Trinajstić information content (AvgIpc) is 2.48. The van der Waals surface area contributed by atoms with Gasteiger partial charge in [-0.1, -0.05) is 24.3 Å². The zero-order chi connectivity index (χ0) is 13.8. The van der Waals surface area contributed by atoms with E-state index in [0.717, 1.165) is 16.6 Å². The van der Waals surface area contributed by atoms with Gasteiger partial charge in [0.25, 0.3) is 0 Å². The average molecular weight is 272 g/mol. The summed E-state index contributed by atoms with van der Waals surface area (Å²) in [6, 6.07) is 12.2. The van der Waals surface area contributed by atoms with Crippen molar-refractivity contribution in [2.45, 2.75) is 25.0 Å². The number of pyridine rings is 1. The summed E-state index contributed by atoms with van der Waals surface area (Å²) in [6.45, 7) is 2.55. The predicted molar refractivity (Wildman–Crippen MR) is 78.5 cm³/mol. The fraction of sp³-hybridized carbons (Fsp3) is 0.438. The van der Waals surface area contributed by atoms with E-state index in [1.165, 1.54) is 0 Å². The Morgan fingerprint density at radius 3 is 2.80 bits per heavy atom. The van der Waals surface area contributed by atoms with E-state index in [1.54, 1.807) is 0 Å². The van der Waals surface area contributed by atoms with Gasteiger partial charge in [-0.2, -0.15) is 0 Å². The molecule has 1 fully saturated rings. The first kappa shape index (κ1) is 13.5. The van der Waals surface area contributed by atoms with Crippen molar-refractivity contribution in [1.29, 1.82) is 0 Å². The van der Waals surface area contributed by atoms with Crippen LogP contribution in [0.15, 0.2) is 36.4 Å². The second-order valence-corrected chi connectivity index (χ2v) is 5.44. The van der Waals surface area contributed by atoms with E-state index in [4.69, 9.17) is 4.74 Å². The highest BCUT2D eigenvalue weighted by Crippen LogP contribution is 2.19. The van der Waals surface area contributed by atoms with Crippen LogP contribution in [0, 0.1) is 0 Å². The Hall–Kier alpha value is -1.49. The lowest BCUT2D eigenvalue weighted by molar-refractivity contribution is -0.0617. The molecule has 0 saturated carbocycles. The van der Waals surface area contributed by atoms with Gasteiger partial charge in [-0.15, -0.1) is 0 Å². The van der Waals surface area contributed by atoms with Gasteiger partial charge >= 0.3 is 0 Å². The first-order valence-corrected chi connectivity index (χ1v) is 7.11. The number of para-hydroxylation sites is 1. The van der Waals surface area contributed by atoms with Crippen LogP contribution < -0.4 is 5.32 Å². The molecule has 1 aromatic carbocycles. The zero-order valence-electron chi connectivity index (χ0n) is 11.5. The van der Waals surface area contributed by atoms with Crippen molar-refractivity contribution >= 4 is 10.9 Å². The summed E-state index contributed by atoms with van der Waals surface area (Å²) in [6.07, 6.45) is 1.40. The highest BCUT2D eigenvalue weighted by molar-refractivity contribution is 5.78. The van der Waals surface area contributed by atoms with Crippen LogP contribution in [0.2, 0.25) is 0 Å². The Kier molecular flexibility index (Phi) is 3.96. The van der Waals surface area contributed by atoms with Crippen molar-refractivity contribution < 1.29 is 9.84 Å². The fourth-order valence-electron chi connectivity index (χ4n) is 2.56. The molecule has 0 atom stereocenters. The molecule has 0 aliphatic carbocycles. The SMILES string of the molecule is OC1(CNCc2ccc3ccccc3n2)CCOCC1. The normalized spacial score (nSPS) is 18.2. The molecule has 1 aliphatic rings. The second-order valence-electron chi connectivity index (χ2n) is 5.44. The summed E-state index contributed by atoms with van der Waals surface area (Å²) in [5.41, 5.74) is 1.38. The van der Waals surface area contributed by atoms with Crippen LogP contribution in [-0.2, 0) is 11.3 Å². The standard InChI is InChI=1S/C16H20N2O2/c19-16(7-9-20-10-8-16)12-17-11-14-6-5-13-3-1-2-4-15(13)18-14/h1-6,17,19H,7-12H2. The topological polar surface area (TPSA) is 54.4 Å². The van der Waals surface area contributed by atoms with Gasteiger partial charge < -0.3 is 15.2 Å². The predicted octanol–water partition coefficient (Wildman–Crippen LogP) is 1.87. The summed E-state index contributed by atoms with van der Waals surface area (Å²) in [7, 11) is 0. The second kappa shape index (κ2) is 5.87. The molecular formula is C16H20N2O2. The summed E-state index contributed by atoms with van der Waals surface area (Å²) in [4.78, 5) is 4.61. The van der Waals surface area contributed by atoms with E-state index in [1.807, 2.05) is 24.3 Å². The van der Waals surface area contributed by atoms with Crippen LogP contribution in [0.1, 0.15) is 18.5 Å². The number of hydrogen-bond donors (Lipinski definition) is 2. The van der Waals surface area contributed by atoms with Crippen molar-refractivity contribution in [3.05, 3.63) is 42.1 Å². The van der Waals surface area contributed by atoms with E-state index in [9.17, 15) is 5.11 Å². The van der Waals surface area contributed by atoms with Crippen LogP contribution in [0.25, 0.3) is 10.9 Å². The maximum atomic E-state index is 10.4. The van der Waals surface area contributed by atoms with Gasteiger partial charge in [0.1, 0.15) is 0 Å². The molecule has 0 amide bonds. The van der Waals surface area contributed by atoms with Crippen molar-refractivity contribution in [2.24, 2.45) is 0 Å². The third-order valence-corrected chi connectivity index (χ3v) is 3.84. The van der Waals surface area contributed by atoms with E-state index in [2.05, 4.69) is 22.4 Å². The smallest absolute Gasteiger partial charge is 0.0815 e. The quantitative estimate of drug-likeness (QED) is 0.892. The van der Waals surface area contributed by atoms with Crippen molar-refractivity contribution in [3.8, 4) is 0 Å². The lowest BCUT2D eigenvalue weighted by Crippen LogP contribution is -2.44. The molecule has 20 heavy (non-hydrogen) atoms. The molecule has 0 radical (unpaired) electrons. The number of aromatic nitrogens is 1. The number of rotatable bonds is 4. The first-order valence-electron chi connectivity index (χ1n) is 7.11. The Balaban J connectivity index is 1.59. The third-order valence-electron chi connectivity index (χ3n) is 3.84. The van der Waals surface area contributed by atoms with Gasteiger partial charge in [0, 0.05) is 44.5 Å². The van der Waals surface area contributed by atoms with Crippen LogP contribution in [0.4, 0.5) is 0 Å². The van der Waals surface area contributed by atoms with Crippen LogP contribution in [0.3, 0.4) is 0 Å². The highest BCUT2D eigenvalue weighted by Gasteiger charge is 2.29. The number of benzene rings is 1. The van der Waals surface area contributed by atoms with Crippen LogP contribution >= 0.6 is 0 Å². The van der Waals surface area contributed by atoms with Gasteiger partial charge in [-0.25, -0.2) is 0 Å². The Morgan fingerprint density at radius 2 is 1.95 bits per heavy atom. The molecule has 0 unspecified atom stereocenters. The number of hydrogen-bond acceptors (Lipinski definition) is 4. The van der Waals surface area contributed by atoms with E-state index in [0.29, 0.717) is 39.1 Å². The van der Waals surface area contributed by atoms with E-state index < -0.39 is 5.60 Å². The van der Waals surface area contributed by atoms with Crippen molar-refractivity contribution in [1.82, 2.24) is 10.3 Å². The molecule has 0 bridgehead atoms. The number of nitrogens with one attached hydrogen (secondary N) is 1. The largest absolute Gasteiger partial charge is 0.388 e. The van der Waals surface area contributed by atoms with Gasteiger partial charge in [-0.05, 0) is 12.1 Å². The van der Waals surface area contributed by atoms with Gasteiger partial charge in [0.05, 0.1) is 16.8 Å². The molecule has 1 aliphatic heterocycles. The minimum Gasteiger partial charge on any atom is -0.388 e. The van der Waals surface area contributed by atoms with Crippen LogP contribution in [0.5, 0.6) is 0 Å². The Morgan fingerprint density at radius 1 is 1.15 bits per heavy atom. The van der Waals surface area contributed by atoms with Crippen LogP contribution in [-0.4, -0.2) is 35.5 Å². The molecule has 0 spiro atoms. The molecule has 2 heterocycles. The molecule has 1 saturated heterocycles. The third kappa shape index (κ3) is 3.15. The monoisotopic (exact) mass is 272 g/mol. The summed E-state index contributed by atoms with van der Waals surface area (Å²) < 4.78 is 5.28. The molecule has 2 N–H and O–H groups in total. The fourth-order valence-corrected chi connectivity index (χ4v) is 2.56. The number of nitrogens with zero attached hydrogens (tertiary/aromatic N) is 1. The maximum Gasteiger partial charge on any atom is 0.0815 e. The molecule has 1 aromatic heterocycles. The van der Waals surface area contributed by atoms with E-state index >= 15 is 0 Å². The highest BCUT2D eigenvalue weighted by atomic mass is 16.5. The maximum absolute atomic E-state index is 10.4.